The number of aromatic nitrogens is 2. The van der Waals surface area contributed by atoms with Gasteiger partial charge in [0.05, 0.1) is 5.39 Å². The standard InChI is InChI=1S/C18H15N3O4/c22-15(19-10-12-6-2-1-3-7-12)11-21-17(23)14-9-5-4-8-13(14)16(20-21)18(24)25/h1-9H,10-11H2,(H,19,22)(H,24,25). The third-order valence-corrected chi connectivity index (χ3v) is 3.70. The Kier molecular flexibility index (Phi) is 4.56. The molecule has 1 amide bonds. The topological polar surface area (TPSA) is 101 Å². The average Bonchev–Trinajstić information content (AvgIpc) is 2.63. The Balaban J connectivity index is 1.86. The minimum absolute atomic E-state index is 0.214. The van der Waals surface area contributed by atoms with Crippen LogP contribution >= 0.6 is 0 Å². The first kappa shape index (κ1) is 16.4. The van der Waals surface area contributed by atoms with E-state index in [4.69, 9.17) is 0 Å². The molecule has 7 heteroatoms. The zero-order valence-corrected chi connectivity index (χ0v) is 13.2. The summed E-state index contributed by atoms with van der Waals surface area (Å²) in [5.74, 6) is -1.68. The molecular weight excluding hydrogens is 322 g/mol. The van der Waals surface area contributed by atoms with Crippen molar-refractivity contribution in [2.45, 2.75) is 13.1 Å². The van der Waals surface area contributed by atoms with Gasteiger partial charge in [0.2, 0.25) is 5.91 Å². The molecule has 0 unspecified atom stereocenters. The van der Waals surface area contributed by atoms with E-state index in [0.29, 0.717) is 6.54 Å². The van der Waals surface area contributed by atoms with E-state index >= 15 is 0 Å². The van der Waals surface area contributed by atoms with E-state index in [-0.39, 0.29) is 23.0 Å². The zero-order chi connectivity index (χ0) is 17.8. The molecule has 0 saturated heterocycles. The minimum atomic E-state index is -1.25. The number of hydrogen-bond acceptors (Lipinski definition) is 4. The number of fused-ring (bicyclic) bond motifs is 1. The van der Waals surface area contributed by atoms with Crippen molar-refractivity contribution in [2.75, 3.05) is 0 Å². The molecule has 25 heavy (non-hydrogen) atoms. The Morgan fingerprint density at radius 2 is 1.64 bits per heavy atom. The van der Waals surface area contributed by atoms with E-state index in [0.717, 1.165) is 10.2 Å². The molecule has 0 radical (unpaired) electrons. The van der Waals surface area contributed by atoms with E-state index in [9.17, 15) is 19.5 Å². The summed E-state index contributed by atoms with van der Waals surface area (Å²) in [6.07, 6.45) is 0. The van der Waals surface area contributed by atoms with Gasteiger partial charge >= 0.3 is 5.97 Å². The number of aromatic carboxylic acids is 1. The second-order valence-corrected chi connectivity index (χ2v) is 5.42. The number of hydrogen-bond donors (Lipinski definition) is 2. The number of carboxylic acid groups (broad SMARTS) is 1. The SMILES string of the molecule is O=C(Cn1nc(C(=O)O)c2ccccc2c1=O)NCc1ccccc1. The van der Waals surface area contributed by atoms with Crippen LogP contribution in [0.2, 0.25) is 0 Å². The predicted molar refractivity (Wildman–Crippen MR) is 91.3 cm³/mol. The van der Waals surface area contributed by atoms with Crippen molar-refractivity contribution in [3.8, 4) is 0 Å². The van der Waals surface area contributed by atoms with Gasteiger partial charge < -0.3 is 10.4 Å². The van der Waals surface area contributed by atoms with Gasteiger partial charge in [0.1, 0.15) is 6.54 Å². The highest BCUT2D eigenvalue weighted by Crippen LogP contribution is 2.13. The van der Waals surface area contributed by atoms with Crippen LogP contribution in [0.5, 0.6) is 0 Å². The highest BCUT2D eigenvalue weighted by atomic mass is 16.4. The number of nitrogens with zero attached hydrogens (tertiary/aromatic N) is 2. The van der Waals surface area contributed by atoms with Crippen LogP contribution in [0.1, 0.15) is 16.1 Å². The van der Waals surface area contributed by atoms with E-state index in [2.05, 4.69) is 10.4 Å². The summed E-state index contributed by atoms with van der Waals surface area (Å²) in [6, 6.07) is 15.6. The average molecular weight is 337 g/mol. The van der Waals surface area contributed by atoms with Crippen molar-refractivity contribution < 1.29 is 14.7 Å². The molecule has 7 nitrogen and oxygen atoms in total. The monoisotopic (exact) mass is 337 g/mol. The molecule has 1 aromatic heterocycles. The van der Waals surface area contributed by atoms with Crippen molar-refractivity contribution in [1.29, 1.82) is 0 Å². The van der Waals surface area contributed by atoms with Crippen molar-refractivity contribution in [1.82, 2.24) is 15.1 Å². The van der Waals surface area contributed by atoms with Gasteiger partial charge in [0, 0.05) is 11.9 Å². The van der Waals surface area contributed by atoms with Gasteiger partial charge in [0.15, 0.2) is 5.69 Å². The molecule has 0 aliphatic rings. The van der Waals surface area contributed by atoms with Gasteiger partial charge in [-0.05, 0) is 11.6 Å². The summed E-state index contributed by atoms with van der Waals surface area (Å²) < 4.78 is 0.881. The number of amides is 1. The number of carbonyl (C=O) groups is 2. The van der Waals surface area contributed by atoms with Gasteiger partial charge in [-0.15, -0.1) is 0 Å². The largest absolute Gasteiger partial charge is 0.476 e. The first-order valence-electron chi connectivity index (χ1n) is 7.60. The van der Waals surface area contributed by atoms with Gasteiger partial charge in [-0.3, -0.25) is 9.59 Å². The number of benzene rings is 2. The lowest BCUT2D eigenvalue weighted by Gasteiger charge is -2.09. The quantitative estimate of drug-likeness (QED) is 0.733. The van der Waals surface area contributed by atoms with Crippen molar-refractivity contribution in [3.63, 3.8) is 0 Å². The van der Waals surface area contributed by atoms with Crippen LogP contribution in [0, 0.1) is 0 Å². The van der Waals surface area contributed by atoms with Gasteiger partial charge in [-0.25, -0.2) is 9.48 Å². The number of carboxylic acids is 1. The molecule has 0 aliphatic heterocycles. The summed E-state index contributed by atoms with van der Waals surface area (Å²) >= 11 is 0. The Morgan fingerprint density at radius 1 is 1.00 bits per heavy atom. The third kappa shape index (κ3) is 3.55. The molecule has 2 N–H and O–H groups in total. The smallest absolute Gasteiger partial charge is 0.357 e. The molecule has 1 heterocycles. The molecule has 3 rings (SSSR count). The minimum Gasteiger partial charge on any atom is -0.476 e. The fraction of sp³-hybridized carbons (Fsp3) is 0.111. The van der Waals surface area contributed by atoms with Crippen LogP contribution in [0.15, 0.2) is 59.4 Å². The lowest BCUT2D eigenvalue weighted by atomic mass is 10.1. The number of nitrogens with one attached hydrogen (secondary N) is 1. The maximum Gasteiger partial charge on any atom is 0.357 e. The van der Waals surface area contributed by atoms with Gasteiger partial charge in [0.25, 0.3) is 5.56 Å². The van der Waals surface area contributed by atoms with E-state index in [1.54, 1.807) is 12.1 Å². The lowest BCUT2D eigenvalue weighted by Crippen LogP contribution is -2.34. The van der Waals surface area contributed by atoms with E-state index in [1.165, 1.54) is 12.1 Å². The number of rotatable bonds is 5. The molecular formula is C18H15N3O4. The third-order valence-electron chi connectivity index (χ3n) is 3.70. The molecule has 0 bridgehead atoms. The maximum absolute atomic E-state index is 12.4. The maximum atomic E-state index is 12.4. The Morgan fingerprint density at radius 3 is 2.32 bits per heavy atom. The molecule has 0 fully saturated rings. The Bertz CT molecular complexity index is 996. The van der Waals surface area contributed by atoms with Crippen LogP contribution < -0.4 is 10.9 Å². The molecule has 0 atom stereocenters. The van der Waals surface area contributed by atoms with Gasteiger partial charge in [-0.2, -0.15) is 5.10 Å². The van der Waals surface area contributed by atoms with E-state index in [1.807, 2.05) is 30.3 Å². The molecule has 126 valence electrons. The second kappa shape index (κ2) is 6.96. The first-order chi connectivity index (χ1) is 12.1. The van der Waals surface area contributed by atoms with Crippen molar-refractivity contribution in [3.05, 3.63) is 76.2 Å². The van der Waals surface area contributed by atoms with Crippen LogP contribution in [0.25, 0.3) is 10.8 Å². The van der Waals surface area contributed by atoms with E-state index < -0.39 is 17.4 Å². The fourth-order valence-electron chi connectivity index (χ4n) is 2.49. The van der Waals surface area contributed by atoms with Gasteiger partial charge in [-0.1, -0.05) is 48.5 Å². The predicted octanol–water partition coefficient (Wildman–Crippen LogP) is 1.41. The zero-order valence-electron chi connectivity index (χ0n) is 13.2. The molecule has 0 spiro atoms. The molecule has 2 aromatic carbocycles. The summed E-state index contributed by atoms with van der Waals surface area (Å²) in [4.78, 5) is 35.9. The summed E-state index contributed by atoms with van der Waals surface area (Å²) in [6.45, 7) is -0.0371. The van der Waals surface area contributed by atoms with Crippen LogP contribution in [-0.2, 0) is 17.9 Å². The summed E-state index contributed by atoms with van der Waals surface area (Å²) in [5.41, 5.74) is 0.155. The molecule has 0 aliphatic carbocycles. The molecule has 0 saturated carbocycles. The first-order valence-corrected chi connectivity index (χ1v) is 7.60. The summed E-state index contributed by atoms with van der Waals surface area (Å²) in [7, 11) is 0. The lowest BCUT2D eigenvalue weighted by molar-refractivity contribution is -0.122. The van der Waals surface area contributed by atoms with Crippen LogP contribution in [0.3, 0.4) is 0 Å². The van der Waals surface area contributed by atoms with Crippen LogP contribution in [0.4, 0.5) is 0 Å². The van der Waals surface area contributed by atoms with Crippen molar-refractivity contribution >= 4 is 22.6 Å². The summed E-state index contributed by atoms with van der Waals surface area (Å²) in [5, 5.41) is 16.3. The van der Waals surface area contributed by atoms with Crippen LogP contribution in [-0.4, -0.2) is 26.8 Å². The second-order valence-electron chi connectivity index (χ2n) is 5.42. The Hall–Kier alpha value is -3.48. The highest BCUT2D eigenvalue weighted by Gasteiger charge is 2.16. The number of carbonyl (C=O) groups excluding carboxylic acids is 1. The highest BCUT2D eigenvalue weighted by molar-refractivity contribution is 6.01. The molecule has 3 aromatic rings. The Labute approximate surface area is 142 Å². The normalized spacial score (nSPS) is 10.6. The van der Waals surface area contributed by atoms with Crippen molar-refractivity contribution in [2.24, 2.45) is 0 Å². The fourth-order valence-corrected chi connectivity index (χ4v) is 2.49.